The lowest BCUT2D eigenvalue weighted by atomic mass is 10.0. The van der Waals surface area contributed by atoms with Crippen molar-refractivity contribution in [3.63, 3.8) is 0 Å². The first kappa shape index (κ1) is 23.9. The molecule has 2 atom stereocenters. The van der Waals surface area contributed by atoms with Gasteiger partial charge in [0.15, 0.2) is 0 Å². The molecule has 0 fully saturated rings. The first-order chi connectivity index (χ1) is 14.5. The second-order valence-electron chi connectivity index (χ2n) is 8.05. The average Bonchev–Trinajstić information content (AvgIpc) is 2.69. The molecule has 0 saturated carbocycles. The Morgan fingerprint density at radius 2 is 1.71 bits per heavy atom. The molecule has 9 nitrogen and oxygen atoms in total. The van der Waals surface area contributed by atoms with Crippen LogP contribution in [0.5, 0.6) is 11.5 Å². The van der Waals surface area contributed by atoms with Gasteiger partial charge < -0.3 is 19.7 Å². The molecule has 0 heterocycles. The first-order valence-corrected chi connectivity index (χ1v) is 9.82. The third-order valence-corrected chi connectivity index (χ3v) is 4.46. The molecule has 0 unspecified atom stereocenters. The number of hydrogen-bond donors (Lipinski definition) is 2. The van der Waals surface area contributed by atoms with Crippen molar-refractivity contribution in [1.29, 1.82) is 0 Å². The van der Waals surface area contributed by atoms with E-state index < -0.39 is 28.8 Å². The number of ether oxygens (including phenoxy) is 2. The molecule has 0 aliphatic rings. The zero-order chi connectivity index (χ0) is 23.2. The Balaban J connectivity index is 2.10. The summed E-state index contributed by atoms with van der Waals surface area (Å²) in [5, 5.41) is 31.0. The van der Waals surface area contributed by atoms with Crippen LogP contribution in [0.25, 0.3) is 0 Å². The summed E-state index contributed by atoms with van der Waals surface area (Å²) in [6.07, 6.45) is -1.63. The highest BCUT2D eigenvalue weighted by Gasteiger charge is 2.30. The van der Waals surface area contributed by atoms with E-state index in [1.54, 1.807) is 39.8 Å². The van der Waals surface area contributed by atoms with Gasteiger partial charge in [0.25, 0.3) is 5.69 Å². The van der Waals surface area contributed by atoms with E-state index in [-0.39, 0.29) is 24.6 Å². The number of hydrogen-bond acceptors (Lipinski definition) is 7. The van der Waals surface area contributed by atoms with Gasteiger partial charge in [-0.1, -0.05) is 12.1 Å². The van der Waals surface area contributed by atoms with Crippen LogP contribution in [-0.2, 0) is 4.74 Å². The van der Waals surface area contributed by atoms with Crippen LogP contribution < -0.4 is 4.74 Å². The molecule has 2 rings (SSSR count). The van der Waals surface area contributed by atoms with Gasteiger partial charge in [0, 0.05) is 12.1 Å². The van der Waals surface area contributed by atoms with Crippen molar-refractivity contribution in [1.82, 2.24) is 4.90 Å². The predicted octanol–water partition coefficient (Wildman–Crippen LogP) is 4.04. The second kappa shape index (κ2) is 10.1. The van der Waals surface area contributed by atoms with Crippen LogP contribution in [0.4, 0.5) is 10.5 Å². The minimum Gasteiger partial charge on any atom is -0.508 e. The Labute approximate surface area is 181 Å². The summed E-state index contributed by atoms with van der Waals surface area (Å²) < 4.78 is 11.1. The lowest BCUT2D eigenvalue weighted by Crippen LogP contribution is -2.46. The number of benzene rings is 2. The third kappa shape index (κ3) is 7.14. The number of nitrogens with zero attached hydrogens (tertiary/aromatic N) is 2. The zero-order valence-corrected chi connectivity index (χ0v) is 18.0. The summed E-state index contributed by atoms with van der Waals surface area (Å²) >= 11 is 0. The molecule has 0 radical (unpaired) electrons. The quantitative estimate of drug-likeness (QED) is 0.477. The molecular weight excluding hydrogens is 404 g/mol. The number of non-ortho nitro benzene ring substituents is 1. The van der Waals surface area contributed by atoms with Crippen molar-refractivity contribution in [3.8, 4) is 11.5 Å². The van der Waals surface area contributed by atoms with E-state index in [1.165, 1.54) is 41.3 Å². The minimum absolute atomic E-state index is 0.0478. The summed E-state index contributed by atoms with van der Waals surface area (Å²) in [6.45, 7) is 7.13. The number of aliphatic hydroxyl groups is 1. The molecule has 0 aliphatic heterocycles. The Hall–Kier alpha value is -3.33. The van der Waals surface area contributed by atoms with Gasteiger partial charge in [0.05, 0.1) is 23.6 Å². The summed E-state index contributed by atoms with van der Waals surface area (Å²) in [5.74, 6) is 0.491. The van der Waals surface area contributed by atoms with Crippen LogP contribution in [0.3, 0.4) is 0 Å². The molecule has 9 heteroatoms. The van der Waals surface area contributed by atoms with Gasteiger partial charge in [0.2, 0.25) is 0 Å². The van der Waals surface area contributed by atoms with Crippen molar-refractivity contribution in [2.45, 2.75) is 45.4 Å². The molecule has 2 aromatic rings. The number of phenols is 1. The zero-order valence-electron chi connectivity index (χ0n) is 18.0. The normalized spacial score (nSPS) is 13.2. The molecule has 0 saturated heterocycles. The van der Waals surface area contributed by atoms with E-state index in [2.05, 4.69) is 0 Å². The van der Waals surface area contributed by atoms with Crippen LogP contribution in [0.1, 0.15) is 39.4 Å². The molecule has 2 N–H and O–H groups in total. The monoisotopic (exact) mass is 432 g/mol. The van der Waals surface area contributed by atoms with E-state index in [1.807, 2.05) is 0 Å². The number of rotatable bonds is 8. The number of nitro groups is 1. The first-order valence-electron chi connectivity index (χ1n) is 9.82. The number of aliphatic hydroxyl groups excluding tert-OH is 1. The van der Waals surface area contributed by atoms with Gasteiger partial charge in [-0.2, -0.15) is 0 Å². The molecule has 0 aliphatic carbocycles. The molecule has 1 amide bonds. The third-order valence-electron chi connectivity index (χ3n) is 4.46. The Kier molecular flexibility index (Phi) is 7.82. The molecule has 168 valence electrons. The summed E-state index contributed by atoms with van der Waals surface area (Å²) in [4.78, 5) is 24.4. The van der Waals surface area contributed by atoms with E-state index in [9.17, 15) is 25.1 Å². The Bertz CT molecular complexity index is 876. The average molecular weight is 432 g/mol. The van der Waals surface area contributed by atoms with Gasteiger partial charge in [0.1, 0.15) is 23.7 Å². The van der Waals surface area contributed by atoms with Gasteiger partial charge in [-0.05, 0) is 57.5 Å². The van der Waals surface area contributed by atoms with Gasteiger partial charge in [-0.15, -0.1) is 0 Å². The summed E-state index contributed by atoms with van der Waals surface area (Å²) in [7, 11) is 0. The minimum atomic E-state index is -1.02. The molecule has 0 spiro atoms. The van der Waals surface area contributed by atoms with E-state index in [0.717, 1.165) is 0 Å². The Morgan fingerprint density at radius 1 is 1.13 bits per heavy atom. The highest BCUT2D eigenvalue weighted by Crippen LogP contribution is 2.25. The topological polar surface area (TPSA) is 122 Å². The number of phenolic OH excluding ortho intramolecular Hbond substituents is 1. The lowest BCUT2D eigenvalue weighted by molar-refractivity contribution is -0.384. The SMILES string of the molecule is C[C@@H]([C@H](O)c1ccc(O)cc1)N(CCOc1ccc([N+](=O)[O-])cc1)C(=O)OC(C)(C)C. The van der Waals surface area contributed by atoms with Gasteiger partial charge in [-0.3, -0.25) is 15.0 Å². The number of carbonyl (C=O) groups is 1. The van der Waals surface area contributed by atoms with Crippen molar-refractivity contribution in [2.24, 2.45) is 0 Å². The predicted molar refractivity (Wildman–Crippen MR) is 114 cm³/mol. The van der Waals surface area contributed by atoms with Crippen LogP contribution >= 0.6 is 0 Å². The second-order valence-corrected chi connectivity index (χ2v) is 8.05. The van der Waals surface area contributed by atoms with E-state index in [4.69, 9.17) is 9.47 Å². The maximum Gasteiger partial charge on any atom is 0.410 e. The van der Waals surface area contributed by atoms with Crippen molar-refractivity contribution < 1.29 is 29.4 Å². The smallest absolute Gasteiger partial charge is 0.410 e. The molecule has 0 bridgehead atoms. The maximum atomic E-state index is 12.8. The van der Waals surface area contributed by atoms with Crippen LogP contribution in [0.15, 0.2) is 48.5 Å². The maximum absolute atomic E-state index is 12.8. The van der Waals surface area contributed by atoms with Crippen molar-refractivity contribution in [2.75, 3.05) is 13.2 Å². The van der Waals surface area contributed by atoms with Crippen molar-refractivity contribution >= 4 is 11.8 Å². The molecular formula is C22H28N2O7. The van der Waals surface area contributed by atoms with Gasteiger partial charge >= 0.3 is 6.09 Å². The fourth-order valence-electron chi connectivity index (χ4n) is 2.83. The highest BCUT2D eigenvalue weighted by atomic mass is 16.6. The Morgan fingerprint density at radius 3 is 2.23 bits per heavy atom. The van der Waals surface area contributed by atoms with Crippen molar-refractivity contribution in [3.05, 3.63) is 64.2 Å². The van der Waals surface area contributed by atoms with Crippen LogP contribution in [0.2, 0.25) is 0 Å². The summed E-state index contributed by atoms with van der Waals surface area (Å²) in [6, 6.07) is 11.0. The fraction of sp³-hybridized carbons (Fsp3) is 0.409. The number of nitro benzene ring substituents is 1. The summed E-state index contributed by atoms with van der Waals surface area (Å²) in [5.41, 5.74) is -0.235. The number of amides is 1. The largest absolute Gasteiger partial charge is 0.508 e. The van der Waals surface area contributed by atoms with Crippen LogP contribution in [0, 0.1) is 10.1 Å². The van der Waals surface area contributed by atoms with Gasteiger partial charge in [-0.25, -0.2) is 4.79 Å². The molecule has 2 aromatic carbocycles. The fourth-order valence-corrected chi connectivity index (χ4v) is 2.83. The lowest BCUT2D eigenvalue weighted by Gasteiger charge is -2.34. The molecule has 31 heavy (non-hydrogen) atoms. The number of aromatic hydroxyl groups is 1. The van der Waals surface area contributed by atoms with E-state index in [0.29, 0.717) is 11.3 Å². The molecule has 0 aromatic heterocycles. The van der Waals surface area contributed by atoms with E-state index >= 15 is 0 Å². The highest BCUT2D eigenvalue weighted by molar-refractivity contribution is 5.68. The number of carbonyl (C=O) groups excluding carboxylic acids is 1. The van der Waals surface area contributed by atoms with Crippen LogP contribution in [-0.4, -0.2) is 50.9 Å². The standard InChI is InChI=1S/C22H28N2O7/c1-15(20(26)16-5-9-18(25)10-6-16)23(21(27)31-22(2,3)4)13-14-30-19-11-7-17(8-12-19)24(28)29/h5-12,15,20,25-26H,13-14H2,1-4H3/t15-,20-/m0/s1.